The van der Waals surface area contributed by atoms with Gasteiger partial charge in [0.05, 0.1) is 24.0 Å². The molecule has 5 heterocycles. The van der Waals surface area contributed by atoms with E-state index >= 15 is 0 Å². The molecule has 2 saturated heterocycles. The van der Waals surface area contributed by atoms with Gasteiger partial charge in [0.1, 0.15) is 5.75 Å². The van der Waals surface area contributed by atoms with Crippen molar-refractivity contribution in [3.8, 4) is 5.75 Å². The standard InChI is InChI=1S/C30H36N8O2/c1-21-17-25(40-19-22(2)24-7-5-4-6-8-24)18-38-28(21)31-26(35-38)11-14-37-20-30(32-29(37)39)12-15-36(16-13-30)27-10-9-23(3)33-34-27/h4-10,17-18,22H,11-16,19-20H2,1-3H3,(H,32,39)/t22-/m0/s1. The summed E-state index contributed by atoms with van der Waals surface area (Å²) in [6, 6.07) is 16.4. The monoisotopic (exact) mass is 540 g/mol. The van der Waals surface area contributed by atoms with E-state index in [-0.39, 0.29) is 17.5 Å². The van der Waals surface area contributed by atoms with Crippen LogP contribution >= 0.6 is 0 Å². The number of piperidine rings is 1. The zero-order valence-electron chi connectivity index (χ0n) is 23.4. The molecule has 0 bridgehead atoms. The summed E-state index contributed by atoms with van der Waals surface area (Å²) < 4.78 is 7.91. The highest BCUT2D eigenvalue weighted by molar-refractivity contribution is 5.78. The van der Waals surface area contributed by atoms with E-state index in [4.69, 9.17) is 14.8 Å². The lowest BCUT2D eigenvalue weighted by Gasteiger charge is -2.39. The molecular formula is C30H36N8O2. The van der Waals surface area contributed by atoms with Crippen LogP contribution in [0.3, 0.4) is 0 Å². The molecular weight excluding hydrogens is 504 g/mol. The number of aromatic nitrogens is 5. The number of urea groups is 1. The molecule has 2 fully saturated rings. The number of nitrogens with zero attached hydrogens (tertiary/aromatic N) is 7. The summed E-state index contributed by atoms with van der Waals surface area (Å²) in [7, 11) is 0. The van der Waals surface area contributed by atoms with Gasteiger partial charge in [0.2, 0.25) is 0 Å². The molecule has 10 nitrogen and oxygen atoms in total. The Morgan fingerprint density at radius 2 is 1.88 bits per heavy atom. The number of hydrogen-bond donors (Lipinski definition) is 1. The number of rotatable bonds is 8. The molecule has 0 unspecified atom stereocenters. The zero-order valence-corrected chi connectivity index (χ0v) is 23.4. The number of nitrogens with one attached hydrogen (secondary N) is 1. The van der Waals surface area contributed by atoms with Gasteiger partial charge in [-0.3, -0.25) is 0 Å². The van der Waals surface area contributed by atoms with Crippen LogP contribution in [0.25, 0.3) is 5.65 Å². The first kappa shape index (κ1) is 26.0. The third kappa shape index (κ3) is 5.43. The molecule has 208 valence electrons. The molecule has 0 saturated carbocycles. The average Bonchev–Trinajstić information content (AvgIpc) is 3.52. The lowest BCUT2D eigenvalue weighted by molar-refractivity contribution is 0.217. The van der Waals surface area contributed by atoms with Gasteiger partial charge in [0.15, 0.2) is 17.3 Å². The van der Waals surface area contributed by atoms with E-state index in [2.05, 4.69) is 51.6 Å². The number of benzene rings is 1. The summed E-state index contributed by atoms with van der Waals surface area (Å²) >= 11 is 0. The Hall–Kier alpha value is -4.21. The Morgan fingerprint density at radius 3 is 2.62 bits per heavy atom. The largest absolute Gasteiger partial charge is 0.491 e. The second-order valence-corrected chi connectivity index (χ2v) is 11.2. The molecule has 4 aromatic rings. The predicted molar refractivity (Wildman–Crippen MR) is 153 cm³/mol. The van der Waals surface area contributed by atoms with Crippen LogP contribution in [0.1, 0.15) is 48.3 Å². The molecule has 2 aliphatic heterocycles. The van der Waals surface area contributed by atoms with Gasteiger partial charge in [0, 0.05) is 38.5 Å². The molecule has 1 aromatic carbocycles. The highest BCUT2D eigenvalue weighted by Crippen LogP contribution is 2.30. The highest BCUT2D eigenvalue weighted by Gasteiger charge is 2.44. The maximum Gasteiger partial charge on any atom is 0.317 e. The number of pyridine rings is 1. The summed E-state index contributed by atoms with van der Waals surface area (Å²) in [5.41, 5.74) is 3.78. The van der Waals surface area contributed by atoms with Crippen molar-refractivity contribution in [2.75, 3.05) is 37.7 Å². The Morgan fingerprint density at radius 1 is 1.07 bits per heavy atom. The molecule has 0 aliphatic carbocycles. The number of carbonyl (C=O) groups is 1. The van der Waals surface area contributed by atoms with E-state index in [1.54, 1.807) is 4.52 Å². The fraction of sp³-hybridized carbons (Fsp3) is 0.433. The number of anilines is 1. The van der Waals surface area contributed by atoms with Crippen LogP contribution in [-0.4, -0.2) is 74.1 Å². The smallest absolute Gasteiger partial charge is 0.317 e. The first-order valence-corrected chi connectivity index (χ1v) is 14.0. The van der Waals surface area contributed by atoms with Crippen LogP contribution in [-0.2, 0) is 6.42 Å². The van der Waals surface area contributed by atoms with Crippen molar-refractivity contribution < 1.29 is 9.53 Å². The third-order valence-electron chi connectivity index (χ3n) is 8.09. The number of fused-ring (bicyclic) bond motifs is 1. The van der Waals surface area contributed by atoms with Crippen LogP contribution < -0.4 is 15.0 Å². The second kappa shape index (κ2) is 10.7. The van der Waals surface area contributed by atoms with Crippen LogP contribution in [0.2, 0.25) is 0 Å². The molecule has 3 aromatic heterocycles. The van der Waals surface area contributed by atoms with Crippen molar-refractivity contribution in [3.05, 3.63) is 77.4 Å². The molecule has 40 heavy (non-hydrogen) atoms. The maximum absolute atomic E-state index is 12.9. The van der Waals surface area contributed by atoms with Crippen molar-refractivity contribution >= 4 is 17.5 Å². The van der Waals surface area contributed by atoms with E-state index in [9.17, 15) is 4.79 Å². The van der Waals surface area contributed by atoms with Crippen LogP contribution in [0, 0.1) is 13.8 Å². The summed E-state index contributed by atoms with van der Waals surface area (Å²) in [4.78, 5) is 21.8. The fourth-order valence-corrected chi connectivity index (χ4v) is 5.65. The van der Waals surface area contributed by atoms with E-state index in [0.717, 1.165) is 60.2 Å². The average molecular weight is 541 g/mol. The Balaban J connectivity index is 1.05. The second-order valence-electron chi connectivity index (χ2n) is 11.2. The third-order valence-corrected chi connectivity index (χ3v) is 8.09. The summed E-state index contributed by atoms with van der Waals surface area (Å²) in [5.74, 6) is 2.67. The lowest BCUT2D eigenvalue weighted by atomic mass is 9.88. The van der Waals surface area contributed by atoms with Crippen molar-refractivity contribution in [1.82, 2.24) is 35.0 Å². The van der Waals surface area contributed by atoms with E-state index in [0.29, 0.717) is 26.1 Å². The SMILES string of the molecule is Cc1ccc(N2CCC3(CC2)CN(CCc2nc4c(C)cc(OC[C@H](C)c5ccccc5)cn4n2)C(=O)N3)nn1. The molecule has 10 heteroatoms. The van der Waals surface area contributed by atoms with Gasteiger partial charge in [-0.25, -0.2) is 14.3 Å². The highest BCUT2D eigenvalue weighted by atomic mass is 16.5. The summed E-state index contributed by atoms with van der Waals surface area (Å²) in [6.07, 6.45) is 4.24. The molecule has 0 radical (unpaired) electrons. The first-order chi connectivity index (χ1) is 19.4. The normalized spacial score (nSPS) is 17.4. The number of amides is 2. The van der Waals surface area contributed by atoms with Crippen molar-refractivity contribution in [2.24, 2.45) is 0 Å². The Labute approximate surface area is 234 Å². The first-order valence-electron chi connectivity index (χ1n) is 14.0. The Kier molecular flexibility index (Phi) is 7.00. The topological polar surface area (TPSA) is 101 Å². The van der Waals surface area contributed by atoms with Crippen molar-refractivity contribution in [2.45, 2.75) is 51.5 Å². The van der Waals surface area contributed by atoms with Crippen molar-refractivity contribution in [1.29, 1.82) is 0 Å². The van der Waals surface area contributed by atoms with E-state index in [1.807, 2.05) is 49.2 Å². The van der Waals surface area contributed by atoms with Crippen LogP contribution in [0.4, 0.5) is 10.6 Å². The zero-order chi connectivity index (χ0) is 27.7. The van der Waals surface area contributed by atoms with Crippen LogP contribution in [0.5, 0.6) is 5.75 Å². The maximum atomic E-state index is 12.9. The molecule has 1 spiro atoms. The van der Waals surface area contributed by atoms with Gasteiger partial charge in [-0.1, -0.05) is 37.3 Å². The van der Waals surface area contributed by atoms with Crippen molar-refractivity contribution in [3.63, 3.8) is 0 Å². The molecule has 1 atom stereocenters. The van der Waals surface area contributed by atoms with Crippen LogP contribution in [0.15, 0.2) is 54.7 Å². The summed E-state index contributed by atoms with van der Waals surface area (Å²) in [5, 5.41) is 16.5. The Bertz CT molecular complexity index is 1480. The van der Waals surface area contributed by atoms with Gasteiger partial charge in [-0.2, -0.15) is 10.2 Å². The minimum absolute atomic E-state index is 0.00764. The quantitative estimate of drug-likeness (QED) is 0.361. The molecule has 2 amide bonds. The van der Waals surface area contributed by atoms with E-state index in [1.165, 1.54) is 5.56 Å². The van der Waals surface area contributed by atoms with Gasteiger partial charge in [-0.15, -0.1) is 5.10 Å². The van der Waals surface area contributed by atoms with Gasteiger partial charge >= 0.3 is 6.03 Å². The fourth-order valence-electron chi connectivity index (χ4n) is 5.65. The molecule has 6 rings (SSSR count). The minimum atomic E-state index is -0.197. The predicted octanol–water partition coefficient (Wildman–Crippen LogP) is 3.93. The molecule has 1 N–H and O–H groups in total. The number of aryl methyl sites for hydroxylation is 2. The number of ether oxygens (including phenoxy) is 1. The van der Waals surface area contributed by atoms with Gasteiger partial charge in [0.25, 0.3) is 0 Å². The minimum Gasteiger partial charge on any atom is -0.491 e. The van der Waals surface area contributed by atoms with Gasteiger partial charge in [-0.05, 0) is 56.0 Å². The summed E-state index contributed by atoms with van der Waals surface area (Å²) in [6.45, 7) is 9.66. The lowest BCUT2D eigenvalue weighted by Crippen LogP contribution is -2.52. The van der Waals surface area contributed by atoms with Gasteiger partial charge < -0.3 is 19.9 Å². The number of hydrogen-bond acceptors (Lipinski definition) is 7. The molecule has 2 aliphatic rings. The van der Waals surface area contributed by atoms with E-state index < -0.39 is 0 Å². The number of carbonyl (C=O) groups excluding carboxylic acids is 1.